The normalized spacial score (nSPS) is 11.0. The van der Waals surface area contributed by atoms with Crippen molar-refractivity contribution in [2.24, 2.45) is 7.05 Å². The summed E-state index contributed by atoms with van der Waals surface area (Å²) in [6.07, 6.45) is 3.97. The van der Waals surface area contributed by atoms with Gasteiger partial charge in [0.15, 0.2) is 0 Å². The first-order chi connectivity index (χ1) is 11.5. The van der Waals surface area contributed by atoms with E-state index in [1.54, 1.807) is 4.68 Å². The van der Waals surface area contributed by atoms with Crippen LogP contribution in [0.5, 0.6) is 0 Å². The van der Waals surface area contributed by atoms with Crippen LogP contribution in [0, 0.1) is 6.92 Å². The number of fused-ring (bicyclic) bond motifs is 1. The smallest absolute Gasteiger partial charge is 0.144 e. The van der Waals surface area contributed by atoms with Crippen LogP contribution < -0.4 is 0 Å². The van der Waals surface area contributed by atoms with Crippen LogP contribution in [-0.2, 0) is 20.2 Å². The zero-order chi connectivity index (χ0) is 17.9. The molecule has 0 atom stereocenters. The summed E-state index contributed by atoms with van der Waals surface area (Å²) in [6, 6.07) is 2.07. The summed E-state index contributed by atoms with van der Waals surface area (Å²) in [5, 5.41) is 14.8. The molecule has 0 saturated carbocycles. The highest BCUT2D eigenvalue weighted by Gasteiger charge is 2.14. The topological polar surface area (TPSA) is 68.8 Å². The lowest BCUT2D eigenvalue weighted by atomic mass is 10.1. The fraction of sp³-hybridized carbons (Fsp3) is 0.500. The Morgan fingerprint density at radius 2 is 1.92 bits per heavy atom. The van der Waals surface area contributed by atoms with E-state index >= 15 is 0 Å². The standard InChI is InChI=1S/C16H21N5O.C2H6/c1-10(2)15-13-5-6-21(16(13)18-11(3)17-15)8-12-7-20(4)19-14(12)9-22;1-2/h5-7,10,22H,8-9H2,1-4H3;1-2H3. The van der Waals surface area contributed by atoms with Crippen molar-refractivity contribution in [2.45, 2.75) is 53.7 Å². The van der Waals surface area contributed by atoms with E-state index in [0.717, 1.165) is 28.1 Å². The molecule has 24 heavy (non-hydrogen) atoms. The van der Waals surface area contributed by atoms with Crippen molar-refractivity contribution < 1.29 is 5.11 Å². The highest BCUT2D eigenvalue weighted by atomic mass is 16.3. The van der Waals surface area contributed by atoms with E-state index in [1.807, 2.05) is 40.2 Å². The monoisotopic (exact) mass is 329 g/mol. The summed E-state index contributed by atoms with van der Waals surface area (Å²) in [4.78, 5) is 9.18. The Balaban J connectivity index is 0.00000100. The number of rotatable bonds is 4. The number of aliphatic hydroxyl groups excluding tert-OH is 1. The molecule has 0 amide bonds. The van der Waals surface area contributed by atoms with Crippen LogP contribution in [0.4, 0.5) is 0 Å². The summed E-state index contributed by atoms with van der Waals surface area (Å²) in [5.74, 6) is 1.14. The Morgan fingerprint density at radius 3 is 2.54 bits per heavy atom. The third-order valence-corrected chi connectivity index (χ3v) is 3.79. The lowest BCUT2D eigenvalue weighted by molar-refractivity contribution is 0.274. The molecule has 1 N–H and O–H groups in total. The van der Waals surface area contributed by atoms with E-state index in [0.29, 0.717) is 18.2 Å². The molecule has 0 aliphatic carbocycles. The van der Waals surface area contributed by atoms with Gasteiger partial charge in [-0.25, -0.2) is 9.97 Å². The van der Waals surface area contributed by atoms with Crippen LogP contribution in [-0.4, -0.2) is 29.4 Å². The number of aliphatic hydroxyl groups is 1. The summed E-state index contributed by atoms with van der Waals surface area (Å²) in [6.45, 7) is 10.8. The molecule has 0 saturated heterocycles. The van der Waals surface area contributed by atoms with Gasteiger partial charge < -0.3 is 9.67 Å². The van der Waals surface area contributed by atoms with E-state index in [1.165, 1.54) is 0 Å². The molecule has 0 aliphatic heterocycles. The molecule has 130 valence electrons. The van der Waals surface area contributed by atoms with E-state index < -0.39 is 0 Å². The third-order valence-electron chi connectivity index (χ3n) is 3.79. The molecule has 0 unspecified atom stereocenters. The quantitative estimate of drug-likeness (QED) is 0.798. The van der Waals surface area contributed by atoms with Crippen molar-refractivity contribution in [3.8, 4) is 0 Å². The minimum absolute atomic E-state index is 0.0549. The lowest BCUT2D eigenvalue weighted by Crippen LogP contribution is -2.04. The zero-order valence-electron chi connectivity index (χ0n) is 15.4. The second kappa shape index (κ2) is 7.57. The largest absolute Gasteiger partial charge is 0.390 e. The molecule has 0 aromatic carbocycles. The number of hydrogen-bond acceptors (Lipinski definition) is 4. The van der Waals surface area contributed by atoms with Crippen molar-refractivity contribution in [2.75, 3.05) is 0 Å². The van der Waals surface area contributed by atoms with Crippen molar-refractivity contribution in [1.29, 1.82) is 0 Å². The Bertz CT molecular complexity index is 816. The average Bonchev–Trinajstić information content (AvgIpc) is 3.12. The van der Waals surface area contributed by atoms with Crippen LogP contribution in [0.2, 0.25) is 0 Å². The highest BCUT2D eigenvalue weighted by Crippen LogP contribution is 2.24. The second-order valence-electron chi connectivity index (χ2n) is 5.92. The third kappa shape index (κ3) is 3.48. The Kier molecular flexibility index (Phi) is 5.72. The molecule has 0 fully saturated rings. The van der Waals surface area contributed by atoms with Gasteiger partial charge in [-0.2, -0.15) is 5.10 Å². The number of aromatic nitrogens is 5. The van der Waals surface area contributed by atoms with Gasteiger partial charge in [-0.3, -0.25) is 4.68 Å². The molecule has 0 spiro atoms. The average molecular weight is 329 g/mol. The van der Waals surface area contributed by atoms with Crippen LogP contribution >= 0.6 is 0 Å². The molecule has 6 nitrogen and oxygen atoms in total. The first-order valence-corrected chi connectivity index (χ1v) is 8.45. The molecular weight excluding hydrogens is 302 g/mol. The van der Waals surface area contributed by atoms with Gasteiger partial charge >= 0.3 is 0 Å². The highest BCUT2D eigenvalue weighted by molar-refractivity contribution is 5.79. The van der Waals surface area contributed by atoms with Crippen LogP contribution in [0.1, 0.15) is 56.4 Å². The first-order valence-electron chi connectivity index (χ1n) is 8.45. The molecule has 6 heteroatoms. The predicted octanol–water partition coefficient (Wildman–Crippen LogP) is 3.16. The Labute approximate surface area is 143 Å². The maximum absolute atomic E-state index is 9.42. The molecule has 0 bridgehead atoms. The molecule has 3 aromatic rings. The van der Waals surface area contributed by atoms with Crippen LogP contribution in [0.25, 0.3) is 11.0 Å². The number of hydrogen-bond donors (Lipinski definition) is 1. The Morgan fingerprint density at radius 1 is 1.21 bits per heavy atom. The van der Waals surface area contributed by atoms with E-state index in [2.05, 4.69) is 39.5 Å². The molecule has 3 heterocycles. The van der Waals surface area contributed by atoms with Crippen molar-refractivity contribution in [1.82, 2.24) is 24.3 Å². The maximum atomic E-state index is 9.42. The summed E-state index contributed by atoms with van der Waals surface area (Å²) >= 11 is 0. The summed E-state index contributed by atoms with van der Waals surface area (Å²) in [5.41, 5.74) is 3.72. The summed E-state index contributed by atoms with van der Waals surface area (Å²) < 4.78 is 3.82. The van der Waals surface area contributed by atoms with Gasteiger partial charge in [-0.15, -0.1) is 0 Å². The van der Waals surface area contributed by atoms with Crippen molar-refractivity contribution >= 4 is 11.0 Å². The Hall–Kier alpha value is -2.21. The molecule has 3 rings (SSSR count). The molecule has 0 radical (unpaired) electrons. The summed E-state index contributed by atoms with van der Waals surface area (Å²) in [7, 11) is 1.86. The van der Waals surface area contributed by atoms with E-state index in [4.69, 9.17) is 0 Å². The molecular formula is C18H27N5O. The molecule has 0 aliphatic rings. The van der Waals surface area contributed by atoms with Gasteiger partial charge in [-0.1, -0.05) is 27.7 Å². The first kappa shape index (κ1) is 18.1. The van der Waals surface area contributed by atoms with Gasteiger partial charge in [0.2, 0.25) is 0 Å². The van der Waals surface area contributed by atoms with Gasteiger partial charge in [0.1, 0.15) is 11.5 Å². The van der Waals surface area contributed by atoms with Gasteiger partial charge in [0, 0.05) is 30.4 Å². The van der Waals surface area contributed by atoms with Gasteiger partial charge in [-0.05, 0) is 18.9 Å². The SMILES string of the molecule is CC.Cc1nc(C(C)C)c2ccn(Cc3cn(C)nc3CO)c2n1. The fourth-order valence-corrected chi connectivity index (χ4v) is 2.80. The van der Waals surface area contributed by atoms with Crippen molar-refractivity contribution in [3.63, 3.8) is 0 Å². The van der Waals surface area contributed by atoms with Gasteiger partial charge in [0.05, 0.1) is 24.5 Å². The van der Waals surface area contributed by atoms with Crippen molar-refractivity contribution in [3.05, 3.63) is 41.2 Å². The fourth-order valence-electron chi connectivity index (χ4n) is 2.80. The zero-order valence-corrected chi connectivity index (χ0v) is 15.4. The second-order valence-corrected chi connectivity index (χ2v) is 5.92. The predicted molar refractivity (Wildman–Crippen MR) is 95.9 cm³/mol. The minimum atomic E-state index is -0.0549. The number of aryl methyl sites for hydroxylation is 2. The van der Waals surface area contributed by atoms with Gasteiger partial charge in [0.25, 0.3) is 0 Å². The van der Waals surface area contributed by atoms with E-state index in [-0.39, 0.29) is 6.61 Å². The van der Waals surface area contributed by atoms with Crippen LogP contribution in [0.3, 0.4) is 0 Å². The number of nitrogens with zero attached hydrogens (tertiary/aromatic N) is 5. The van der Waals surface area contributed by atoms with E-state index in [9.17, 15) is 5.11 Å². The lowest BCUT2D eigenvalue weighted by Gasteiger charge is -2.09. The maximum Gasteiger partial charge on any atom is 0.144 e. The molecule has 3 aromatic heterocycles. The van der Waals surface area contributed by atoms with Crippen LogP contribution in [0.15, 0.2) is 18.5 Å². The minimum Gasteiger partial charge on any atom is -0.390 e.